The molecule has 2 aliphatic carbocycles. The van der Waals surface area contributed by atoms with Gasteiger partial charge in [0.05, 0.1) is 4.91 Å². The summed E-state index contributed by atoms with van der Waals surface area (Å²) in [5.74, 6) is 0. The standard InChI is InChI=1S/C14H23NO2S/c15-18(16,17)14-11-7-3-6-10-13(14)12-8-4-1-2-5-9-12/h8H,1-7,9-11H2,(H2,15,16,17). The first-order valence-corrected chi connectivity index (χ1v) is 8.58. The van der Waals surface area contributed by atoms with Gasteiger partial charge in [-0.2, -0.15) is 0 Å². The Hall–Kier alpha value is -0.610. The van der Waals surface area contributed by atoms with Crippen molar-refractivity contribution in [3.8, 4) is 0 Å². The summed E-state index contributed by atoms with van der Waals surface area (Å²) in [6, 6.07) is 0. The van der Waals surface area contributed by atoms with E-state index in [9.17, 15) is 8.42 Å². The number of hydrogen-bond donors (Lipinski definition) is 1. The van der Waals surface area contributed by atoms with Crippen molar-refractivity contribution in [1.82, 2.24) is 0 Å². The van der Waals surface area contributed by atoms with Crippen LogP contribution >= 0.6 is 0 Å². The van der Waals surface area contributed by atoms with E-state index in [-0.39, 0.29) is 0 Å². The molecular weight excluding hydrogens is 246 g/mol. The predicted molar refractivity (Wildman–Crippen MR) is 74.4 cm³/mol. The van der Waals surface area contributed by atoms with Gasteiger partial charge in [0.2, 0.25) is 10.0 Å². The summed E-state index contributed by atoms with van der Waals surface area (Å²) in [6.07, 6.45) is 12.7. The molecule has 0 amide bonds. The summed E-state index contributed by atoms with van der Waals surface area (Å²) < 4.78 is 23.5. The second kappa shape index (κ2) is 6.02. The van der Waals surface area contributed by atoms with E-state index in [1.165, 1.54) is 24.8 Å². The first-order chi connectivity index (χ1) is 8.59. The van der Waals surface area contributed by atoms with Crippen molar-refractivity contribution in [2.45, 2.75) is 64.2 Å². The van der Waals surface area contributed by atoms with E-state index in [1.54, 1.807) is 0 Å². The Bertz CT molecular complexity index is 460. The SMILES string of the molecule is NS(=O)(=O)C1=C(C2=CCCCCC2)CCCCC1. The molecule has 0 aliphatic heterocycles. The lowest BCUT2D eigenvalue weighted by Crippen LogP contribution is -2.17. The van der Waals surface area contributed by atoms with Gasteiger partial charge < -0.3 is 0 Å². The molecular formula is C14H23NO2S. The summed E-state index contributed by atoms with van der Waals surface area (Å²) in [6.45, 7) is 0. The molecule has 0 atom stereocenters. The molecule has 4 heteroatoms. The molecule has 0 unspecified atom stereocenters. The number of sulfonamides is 1. The second-order valence-corrected chi connectivity index (χ2v) is 6.92. The fraction of sp³-hybridized carbons (Fsp3) is 0.714. The summed E-state index contributed by atoms with van der Waals surface area (Å²) in [4.78, 5) is 0.521. The summed E-state index contributed by atoms with van der Waals surface area (Å²) in [7, 11) is -3.52. The van der Waals surface area contributed by atoms with E-state index in [1.807, 2.05) is 0 Å². The first kappa shape index (κ1) is 13.8. The molecule has 18 heavy (non-hydrogen) atoms. The molecule has 0 bridgehead atoms. The number of primary sulfonamides is 1. The van der Waals surface area contributed by atoms with Crippen molar-refractivity contribution < 1.29 is 8.42 Å². The molecule has 0 aromatic rings. The molecule has 2 rings (SSSR count). The minimum absolute atomic E-state index is 0.521. The highest BCUT2D eigenvalue weighted by Gasteiger charge is 2.22. The van der Waals surface area contributed by atoms with Crippen molar-refractivity contribution in [1.29, 1.82) is 0 Å². The van der Waals surface area contributed by atoms with E-state index in [2.05, 4.69) is 6.08 Å². The lowest BCUT2D eigenvalue weighted by Gasteiger charge is -2.14. The smallest absolute Gasteiger partial charge is 0.225 e. The average Bonchev–Trinajstić information content (AvgIpc) is 2.70. The Morgan fingerprint density at radius 3 is 2.33 bits per heavy atom. The van der Waals surface area contributed by atoms with E-state index in [4.69, 9.17) is 5.14 Å². The number of nitrogens with two attached hydrogens (primary N) is 1. The van der Waals surface area contributed by atoms with Crippen LogP contribution in [0.2, 0.25) is 0 Å². The van der Waals surface area contributed by atoms with Gasteiger partial charge >= 0.3 is 0 Å². The topological polar surface area (TPSA) is 60.2 Å². The Balaban J connectivity index is 2.39. The second-order valence-electron chi connectivity index (χ2n) is 5.34. The number of allylic oxidation sites excluding steroid dienone is 4. The molecule has 2 aliphatic rings. The number of hydrogen-bond acceptors (Lipinski definition) is 2. The van der Waals surface area contributed by atoms with Crippen LogP contribution in [0.4, 0.5) is 0 Å². The largest absolute Gasteiger partial charge is 0.234 e. The van der Waals surface area contributed by atoms with Crippen LogP contribution in [0.1, 0.15) is 64.2 Å². The molecule has 2 N–H and O–H groups in total. The predicted octanol–water partition coefficient (Wildman–Crippen LogP) is 3.38. The van der Waals surface area contributed by atoms with Crippen molar-refractivity contribution in [3.05, 3.63) is 22.1 Å². The number of rotatable bonds is 2. The minimum Gasteiger partial charge on any atom is -0.225 e. The van der Waals surface area contributed by atoms with Gasteiger partial charge in [0.15, 0.2) is 0 Å². The highest BCUT2D eigenvalue weighted by molar-refractivity contribution is 7.93. The van der Waals surface area contributed by atoms with Crippen LogP contribution in [0.3, 0.4) is 0 Å². The average molecular weight is 269 g/mol. The first-order valence-electron chi connectivity index (χ1n) is 7.03. The maximum absolute atomic E-state index is 11.8. The third-order valence-electron chi connectivity index (χ3n) is 3.94. The van der Waals surface area contributed by atoms with Gasteiger partial charge in [0, 0.05) is 0 Å². The van der Waals surface area contributed by atoms with Crippen molar-refractivity contribution >= 4 is 10.0 Å². The van der Waals surface area contributed by atoms with Crippen LogP contribution in [0.5, 0.6) is 0 Å². The maximum Gasteiger partial charge on any atom is 0.234 e. The van der Waals surface area contributed by atoms with E-state index < -0.39 is 10.0 Å². The van der Waals surface area contributed by atoms with Gasteiger partial charge in [-0.1, -0.05) is 18.9 Å². The Morgan fingerprint density at radius 2 is 1.56 bits per heavy atom. The van der Waals surface area contributed by atoms with Gasteiger partial charge in [-0.25, -0.2) is 13.6 Å². The summed E-state index contributed by atoms with van der Waals surface area (Å²) >= 11 is 0. The third kappa shape index (κ3) is 3.45. The zero-order valence-electron chi connectivity index (χ0n) is 11.0. The summed E-state index contributed by atoms with van der Waals surface area (Å²) in [5, 5.41) is 5.40. The normalized spacial score (nSPS) is 23.3. The Kier molecular flexibility index (Phi) is 4.62. The van der Waals surface area contributed by atoms with Crippen LogP contribution in [-0.4, -0.2) is 8.42 Å². The zero-order chi connectivity index (χ0) is 13.0. The molecule has 3 nitrogen and oxygen atoms in total. The van der Waals surface area contributed by atoms with Gasteiger partial charge in [0.25, 0.3) is 0 Å². The van der Waals surface area contributed by atoms with Crippen LogP contribution < -0.4 is 5.14 Å². The van der Waals surface area contributed by atoms with Crippen molar-refractivity contribution in [2.24, 2.45) is 5.14 Å². The molecule has 0 aromatic carbocycles. The fourth-order valence-electron chi connectivity index (χ4n) is 3.00. The summed E-state index contributed by atoms with van der Waals surface area (Å²) in [5.41, 5.74) is 2.32. The molecule has 0 spiro atoms. The van der Waals surface area contributed by atoms with Crippen LogP contribution in [0.25, 0.3) is 0 Å². The quantitative estimate of drug-likeness (QED) is 0.835. The molecule has 0 radical (unpaired) electrons. The molecule has 0 aromatic heterocycles. The highest BCUT2D eigenvalue weighted by Crippen LogP contribution is 2.34. The minimum atomic E-state index is -3.52. The molecule has 0 saturated carbocycles. The Labute approximate surface area is 110 Å². The van der Waals surface area contributed by atoms with E-state index in [0.29, 0.717) is 11.3 Å². The fourth-order valence-corrected chi connectivity index (χ4v) is 4.00. The van der Waals surface area contributed by atoms with Gasteiger partial charge in [0.1, 0.15) is 0 Å². The lowest BCUT2D eigenvalue weighted by atomic mass is 9.97. The van der Waals surface area contributed by atoms with Gasteiger partial charge in [-0.3, -0.25) is 0 Å². The lowest BCUT2D eigenvalue weighted by molar-refractivity contribution is 0.600. The molecule has 0 saturated heterocycles. The van der Waals surface area contributed by atoms with Crippen LogP contribution in [0, 0.1) is 0 Å². The van der Waals surface area contributed by atoms with Gasteiger partial charge in [-0.15, -0.1) is 0 Å². The van der Waals surface area contributed by atoms with Gasteiger partial charge in [-0.05, 0) is 62.5 Å². The molecule has 102 valence electrons. The Morgan fingerprint density at radius 1 is 0.889 bits per heavy atom. The van der Waals surface area contributed by atoms with Crippen LogP contribution in [-0.2, 0) is 10.0 Å². The van der Waals surface area contributed by atoms with Crippen LogP contribution in [0.15, 0.2) is 22.1 Å². The third-order valence-corrected chi connectivity index (χ3v) is 5.08. The highest BCUT2D eigenvalue weighted by atomic mass is 32.2. The zero-order valence-corrected chi connectivity index (χ0v) is 11.8. The van der Waals surface area contributed by atoms with Crippen molar-refractivity contribution in [2.75, 3.05) is 0 Å². The molecule has 0 heterocycles. The molecule has 0 fully saturated rings. The maximum atomic E-state index is 11.8. The van der Waals surface area contributed by atoms with Crippen molar-refractivity contribution in [3.63, 3.8) is 0 Å². The van der Waals surface area contributed by atoms with E-state index in [0.717, 1.165) is 44.1 Å². The van der Waals surface area contributed by atoms with E-state index >= 15 is 0 Å². The monoisotopic (exact) mass is 269 g/mol.